The molecule has 0 bridgehead atoms. The zero-order chi connectivity index (χ0) is 14.4. The molecule has 0 aliphatic carbocycles. The molecule has 1 aliphatic heterocycles. The number of hydrogen-bond donors (Lipinski definition) is 1. The Morgan fingerprint density at radius 1 is 1.55 bits per heavy atom. The van der Waals surface area contributed by atoms with Gasteiger partial charge in [-0.3, -0.25) is 4.68 Å². The van der Waals surface area contributed by atoms with Crippen molar-refractivity contribution in [3.63, 3.8) is 0 Å². The zero-order valence-electron chi connectivity index (χ0n) is 12.3. The lowest BCUT2D eigenvalue weighted by atomic mass is 10.1. The standard InChI is InChI=1S/C14H24ClN3OS/c1-3-5-16-13(12-10-20-8-7-19-12)14-11(15)9-17-18(14)6-4-2/h9,12-13,16H,3-8,10H2,1-2H3. The molecule has 1 aromatic heterocycles. The Balaban J connectivity index is 2.22. The fourth-order valence-corrected chi connectivity index (χ4v) is 3.63. The molecule has 1 N–H and O–H groups in total. The average Bonchev–Trinajstić information content (AvgIpc) is 2.83. The second-order valence-electron chi connectivity index (χ2n) is 5.02. The Morgan fingerprint density at radius 2 is 2.40 bits per heavy atom. The summed E-state index contributed by atoms with van der Waals surface area (Å²) in [5.41, 5.74) is 1.08. The number of hydrogen-bond acceptors (Lipinski definition) is 4. The lowest BCUT2D eigenvalue weighted by Crippen LogP contribution is -2.39. The summed E-state index contributed by atoms with van der Waals surface area (Å²) >= 11 is 8.34. The van der Waals surface area contributed by atoms with E-state index in [1.807, 2.05) is 16.4 Å². The maximum Gasteiger partial charge on any atom is 0.0876 e. The second kappa shape index (κ2) is 8.27. The van der Waals surface area contributed by atoms with Gasteiger partial charge in [0.15, 0.2) is 0 Å². The predicted molar refractivity (Wildman–Crippen MR) is 85.6 cm³/mol. The summed E-state index contributed by atoms with van der Waals surface area (Å²) < 4.78 is 7.99. The van der Waals surface area contributed by atoms with Crippen LogP contribution >= 0.6 is 23.4 Å². The van der Waals surface area contributed by atoms with Crippen molar-refractivity contribution in [2.24, 2.45) is 0 Å². The number of rotatable bonds is 7. The van der Waals surface area contributed by atoms with E-state index in [0.717, 1.165) is 54.8 Å². The van der Waals surface area contributed by atoms with Gasteiger partial charge in [-0.25, -0.2) is 0 Å². The van der Waals surface area contributed by atoms with Gasteiger partial charge < -0.3 is 10.1 Å². The van der Waals surface area contributed by atoms with Crippen LogP contribution in [0.3, 0.4) is 0 Å². The molecule has 1 saturated heterocycles. The lowest BCUT2D eigenvalue weighted by Gasteiger charge is -2.31. The zero-order valence-corrected chi connectivity index (χ0v) is 13.8. The van der Waals surface area contributed by atoms with Crippen molar-refractivity contribution in [2.75, 3.05) is 24.7 Å². The van der Waals surface area contributed by atoms with Crippen molar-refractivity contribution in [3.05, 3.63) is 16.9 Å². The van der Waals surface area contributed by atoms with Crippen LogP contribution in [0.2, 0.25) is 5.02 Å². The van der Waals surface area contributed by atoms with Crippen molar-refractivity contribution in [1.29, 1.82) is 0 Å². The van der Waals surface area contributed by atoms with Crippen molar-refractivity contribution >= 4 is 23.4 Å². The molecular weight excluding hydrogens is 294 g/mol. The van der Waals surface area contributed by atoms with Crippen LogP contribution in [0.25, 0.3) is 0 Å². The Morgan fingerprint density at radius 3 is 3.05 bits per heavy atom. The molecule has 0 spiro atoms. The average molecular weight is 318 g/mol. The third-order valence-electron chi connectivity index (χ3n) is 3.39. The molecule has 6 heteroatoms. The SMILES string of the molecule is CCCNC(c1c(Cl)cnn1CCC)C1CSCCO1. The molecule has 0 amide bonds. The topological polar surface area (TPSA) is 39.1 Å². The molecule has 2 heterocycles. The Hall–Kier alpha value is -0.230. The van der Waals surface area contributed by atoms with Crippen LogP contribution < -0.4 is 5.32 Å². The quantitative estimate of drug-likeness (QED) is 0.838. The van der Waals surface area contributed by atoms with Gasteiger partial charge in [0.2, 0.25) is 0 Å². The van der Waals surface area contributed by atoms with Crippen LogP contribution in [0.1, 0.15) is 38.4 Å². The molecule has 4 nitrogen and oxygen atoms in total. The minimum atomic E-state index is 0.129. The van der Waals surface area contributed by atoms with Crippen molar-refractivity contribution in [1.82, 2.24) is 15.1 Å². The molecule has 114 valence electrons. The Labute approximate surface area is 130 Å². The Bertz CT molecular complexity index is 407. The normalized spacial score (nSPS) is 21.1. The van der Waals surface area contributed by atoms with E-state index < -0.39 is 0 Å². The van der Waals surface area contributed by atoms with E-state index in [1.165, 1.54) is 0 Å². The number of ether oxygens (including phenoxy) is 1. The third kappa shape index (κ3) is 3.91. The summed E-state index contributed by atoms with van der Waals surface area (Å²) in [6, 6.07) is 0.129. The first-order valence-electron chi connectivity index (χ1n) is 7.41. The van der Waals surface area contributed by atoms with Gasteiger partial charge in [0.05, 0.1) is 35.7 Å². The van der Waals surface area contributed by atoms with Crippen LogP contribution in [0.15, 0.2) is 6.20 Å². The summed E-state index contributed by atoms with van der Waals surface area (Å²) in [5.74, 6) is 2.09. The fourth-order valence-electron chi connectivity index (χ4n) is 2.47. The van der Waals surface area contributed by atoms with Gasteiger partial charge in [-0.2, -0.15) is 16.9 Å². The van der Waals surface area contributed by atoms with E-state index in [9.17, 15) is 0 Å². The van der Waals surface area contributed by atoms with Crippen LogP contribution in [0.5, 0.6) is 0 Å². The van der Waals surface area contributed by atoms with Crippen LogP contribution in [0.4, 0.5) is 0 Å². The summed E-state index contributed by atoms with van der Waals surface area (Å²) in [5, 5.41) is 8.75. The summed E-state index contributed by atoms with van der Waals surface area (Å²) in [6.07, 6.45) is 4.07. The largest absolute Gasteiger partial charge is 0.374 e. The lowest BCUT2D eigenvalue weighted by molar-refractivity contribution is 0.0444. The van der Waals surface area contributed by atoms with Crippen LogP contribution in [0, 0.1) is 0 Å². The predicted octanol–water partition coefficient (Wildman–Crippen LogP) is 3.12. The highest BCUT2D eigenvalue weighted by Crippen LogP contribution is 2.30. The highest BCUT2D eigenvalue weighted by atomic mass is 35.5. The number of halogens is 1. The van der Waals surface area contributed by atoms with Crippen LogP contribution in [-0.4, -0.2) is 40.5 Å². The minimum absolute atomic E-state index is 0.129. The van der Waals surface area contributed by atoms with Gasteiger partial charge in [-0.15, -0.1) is 0 Å². The first kappa shape index (κ1) is 16.1. The number of nitrogens with one attached hydrogen (secondary N) is 1. The fraction of sp³-hybridized carbons (Fsp3) is 0.786. The Kier molecular flexibility index (Phi) is 6.68. The van der Waals surface area contributed by atoms with E-state index in [-0.39, 0.29) is 12.1 Å². The van der Waals surface area contributed by atoms with E-state index in [2.05, 4.69) is 24.3 Å². The van der Waals surface area contributed by atoms with E-state index in [1.54, 1.807) is 6.20 Å². The van der Waals surface area contributed by atoms with Crippen LogP contribution in [-0.2, 0) is 11.3 Å². The molecule has 20 heavy (non-hydrogen) atoms. The van der Waals surface area contributed by atoms with E-state index >= 15 is 0 Å². The van der Waals surface area contributed by atoms with Gasteiger partial charge in [0.25, 0.3) is 0 Å². The molecule has 1 aliphatic rings. The second-order valence-corrected chi connectivity index (χ2v) is 6.57. The van der Waals surface area contributed by atoms with Gasteiger partial charge in [-0.05, 0) is 19.4 Å². The molecule has 2 unspecified atom stereocenters. The van der Waals surface area contributed by atoms with Gasteiger partial charge in [0, 0.05) is 18.1 Å². The summed E-state index contributed by atoms with van der Waals surface area (Å²) in [7, 11) is 0. The molecule has 0 aromatic carbocycles. The van der Waals surface area contributed by atoms with Crippen molar-refractivity contribution in [3.8, 4) is 0 Å². The highest BCUT2D eigenvalue weighted by Gasteiger charge is 2.30. The molecule has 2 rings (SSSR count). The van der Waals surface area contributed by atoms with Crippen molar-refractivity contribution in [2.45, 2.75) is 45.4 Å². The highest BCUT2D eigenvalue weighted by molar-refractivity contribution is 7.99. The molecular formula is C14H24ClN3OS. The molecule has 1 fully saturated rings. The van der Waals surface area contributed by atoms with Crippen molar-refractivity contribution < 1.29 is 4.74 Å². The van der Waals surface area contributed by atoms with Gasteiger partial charge >= 0.3 is 0 Å². The smallest absolute Gasteiger partial charge is 0.0876 e. The minimum Gasteiger partial charge on any atom is -0.374 e. The monoisotopic (exact) mass is 317 g/mol. The number of nitrogens with zero attached hydrogens (tertiary/aromatic N) is 2. The maximum atomic E-state index is 6.39. The van der Waals surface area contributed by atoms with E-state index in [4.69, 9.17) is 16.3 Å². The van der Waals surface area contributed by atoms with E-state index in [0.29, 0.717) is 0 Å². The molecule has 0 saturated carbocycles. The maximum absolute atomic E-state index is 6.39. The number of thioether (sulfide) groups is 1. The first-order valence-corrected chi connectivity index (χ1v) is 8.95. The molecule has 0 radical (unpaired) electrons. The third-order valence-corrected chi connectivity index (χ3v) is 4.70. The number of aryl methyl sites for hydroxylation is 1. The number of aromatic nitrogens is 2. The van der Waals surface area contributed by atoms with Gasteiger partial charge in [-0.1, -0.05) is 25.4 Å². The summed E-state index contributed by atoms with van der Waals surface area (Å²) in [6.45, 7) is 7.00. The molecule has 1 aromatic rings. The first-order chi connectivity index (χ1) is 9.77. The summed E-state index contributed by atoms with van der Waals surface area (Å²) in [4.78, 5) is 0. The van der Waals surface area contributed by atoms with Gasteiger partial charge in [0.1, 0.15) is 0 Å². The molecule has 2 atom stereocenters.